The van der Waals surface area contributed by atoms with Gasteiger partial charge in [-0.3, -0.25) is 0 Å². The van der Waals surface area contributed by atoms with Gasteiger partial charge in [-0.25, -0.2) is 4.98 Å². The zero-order valence-electron chi connectivity index (χ0n) is 10.9. The van der Waals surface area contributed by atoms with Crippen molar-refractivity contribution in [2.75, 3.05) is 43.6 Å². The summed E-state index contributed by atoms with van der Waals surface area (Å²) in [6, 6.07) is 8.61. The van der Waals surface area contributed by atoms with E-state index >= 15 is 0 Å². The minimum atomic E-state index is 0.819. The lowest BCUT2D eigenvalue weighted by molar-refractivity contribution is 0.122. The second kappa shape index (κ2) is 5.59. The highest BCUT2D eigenvalue weighted by Gasteiger charge is 2.11. The molecule has 0 bridgehead atoms. The Kier molecular flexibility index (Phi) is 3.66. The molecular formula is C14H17N3OS. The fraction of sp³-hybridized carbons (Fsp3) is 0.357. The number of aromatic nitrogens is 1. The van der Waals surface area contributed by atoms with E-state index in [4.69, 9.17) is 4.74 Å². The highest BCUT2D eigenvalue weighted by Crippen LogP contribution is 2.26. The zero-order chi connectivity index (χ0) is 13.1. The van der Waals surface area contributed by atoms with E-state index in [1.165, 1.54) is 5.69 Å². The molecule has 0 atom stereocenters. The number of thiazole rings is 1. The third-order valence-electron chi connectivity index (χ3n) is 3.26. The van der Waals surface area contributed by atoms with Crippen molar-refractivity contribution >= 4 is 22.2 Å². The Morgan fingerprint density at radius 1 is 1.21 bits per heavy atom. The van der Waals surface area contributed by atoms with E-state index < -0.39 is 0 Å². The van der Waals surface area contributed by atoms with E-state index in [2.05, 4.69) is 44.8 Å². The van der Waals surface area contributed by atoms with E-state index in [1.807, 2.05) is 7.05 Å². The van der Waals surface area contributed by atoms with Crippen molar-refractivity contribution < 1.29 is 4.74 Å². The first-order chi connectivity index (χ1) is 9.36. The molecule has 3 rings (SSSR count). The average Bonchev–Trinajstić information content (AvgIpc) is 2.97. The van der Waals surface area contributed by atoms with E-state index in [0.29, 0.717) is 0 Å². The smallest absolute Gasteiger partial charge is 0.182 e. The van der Waals surface area contributed by atoms with Crippen molar-refractivity contribution in [1.29, 1.82) is 0 Å². The second-order valence-corrected chi connectivity index (χ2v) is 5.29. The fourth-order valence-corrected chi connectivity index (χ4v) is 2.87. The van der Waals surface area contributed by atoms with Crippen molar-refractivity contribution in [3.05, 3.63) is 29.6 Å². The van der Waals surface area contributed by atoms with E-state index in [0.717, 1.165) is 42.7 Å². The number of hydrogen-bond donors (Lipinski definition) is 1. The van der Waals surface area contributed by atoms with Crippen molar-refractivity contribution in [2.45, 2.75) is 0 Å². The van der Waals surface area contributed by atoms with Crippen molar-refractivity contribution in [3.8, 4) is 11.3 Å². The largest absolute Gasteiger partial charge is 0.378 e. The zero-order valence-corrected chi connectivity index (χ0v) is 11.7. The summed E-state index contributed by atoms with van der Waals surface area (Å²) in [5.74, 6) is 0. The van der Waals surface area contributed by atoms with Gasteiger partial charge in [0.15, 0.2) is 5.13 Å². The molecule has 0 amide bonds. The fourth-order valence-electron chi connectivity index (χ4n) is 2.19. The van der Waals surface area contributed by atoms with Crippen LogP contribution < -0.4 is 10.2 Å². The van der Waals surface area contributed by atoms with E-state index in [9.17, 15) is 0 Å². The Balaban J connectivity index is 1.78. The van der Waals surface area contributed by atoms with Gasteiger partial charge >= 0.3 is 0 Å². The molecule has 0 saturated carbocycles. The highest BCUT2D eigenvalue weighted by atomic mass is 32.1. The van der Waals surface area contributed by atoms with Crippen molar-refractivity contribution in [1.82, 2.24) is 4.98 Å². The predicted molar refractivity (Wildman–Crippen MR) is 80.1 cm³/mol. The third kappa shape index (κ3) is 2.72. The molecule has 5 heteroatoms. The monoisotopic (exact) mass is 275 g/mol. The maximum atomic E-state index is 5.37. The minimum absolute atomic E-state index is 0.819. The van der Waals surface area contributed by atoms with Crippen LogP contribution in [0.2, 0.25) is 0 Å². The van der Waals surface area contributed by atoms with Crippen LogP contribution in [0.4, 0.5) is 10.8 Å². The summed E-state index contributed by atoms with van der Waals surface area (Å²) < 4.78 is 5.37. The molecule has 2 heterocycles. The van der Waals surface area contributed by atoms with Crippen molar-refractivity contribution in [3.63, 3.8) is 0 Å². The third-order valence-corrected chi connectivity index (χ3v) is 4.12. The average molecular weight is 275 g/mol. The second-order valence-electron chi connectivity index (χ2n) is 4.43. The molecule has 1 aliphatic rings. The van der Waals surface area contributed by atoms with Crippen LogP contribution in [0.5, 0.6) is 0 Å². The highest BCUT2D eigenvalue weighted by molar-refractivity contribution is 7.14. The molecular weight excluding hydrogens is 258 g/mol. The van der Waals surface area contributed by atoms with Crippen LogP contribution in [0, 0.1) is 0 Å². The van der Waals surface area contributed by atoms with Gasteiger partial charge in [0.1, 0.15) is 0 Å². The number of benzene rings is 1. The quantitative estimate of drug-likeness (QED) is 0.934. The Morgan fingerprint density at radius 2 is 1.95 bits per heavy atom. The number of nitrogens with one attached hydrogen (secondary N) is 1. The van der Waals surface area contributed by atoms with Crippen LogP contribution in [0.1, 0.15) is 0 Å². The van der Waals surface area contributed by atoms with Gasteiger partial charge in [0.25, 0.3) is 0 Å². The topological polar surface area (TPSA) is 37.4 Å². The van der Waals surface area contributed by atoms with Gasteiger partial charge in [-0.2, -0.15) is 0 Å². The van der Waals surface area contributed by atoms with Gasteiger partial charge in [-0.1, -0.05) is 12.1 Å². The molecule has 0 unspecified atom stereocenters. The maximum absolute atomic E-state index is 5.37. The summed E-state index contributed by atoms with van der Waals surface area (Å²) in [6.07, 6.45) is 0. The molecule has 4 nitrogen and oxygen atoms in total. The van der Waals surface area contributed by atoms with Crippen LogP contribution in [0.15, 0.2) is 29.6 Å². The van der Waals surface area contributed by atoms with Crippen molar-refractivity contribution in [2.24, 2.45) is 0 Å². The normalized spacial score (nSPS) is 15.5. The Bertz CT molecular complexity index is 532. The Labute approximate surface area is 117 Å². The van der Waals surface area contributed by atoms with Crippen LogP contribution in [-0.4, -0.2) is 38.3 Å². The first kappa shape index (κ1) is 12.4. The number of morpholine rings is 1. The van der Waals surface area contributed by atoms with Gasteiger partial charge < -0.3 is 15.0 Å². The number of nitrogens with zero attached hydrogens (tertiary/aromatic N) is 2. The summed E-state index contributed by atoms with van der Waals surface area (Å²) in [5, 5.41) is 6.10. The molecule has 100 valence electrons. The Morgan fingerprint density at radius 3 is 2.58 bits per heavy atom. The molecule has 0 aliphatic carbocycles. The first-order valence-electron chi connectivity index (χ1n) is 6.43. The summed E-state index contributed by atoms with van der Waals surface area (Å²) in [7, 11) is 1.89. The number of hydrogen-bond acceptors (Lipinski definition) is 5. The molecule has 0 spiro atoms. The molecule has 0 radical (unpaired) electrons. The van der Waals surface area contributed by atoms with Crippen LogP contribution in [-0.2, 0) is 4.74 Å². The Hall–Kier alpha value is -1.59. The van der Waals surface area contributed by atoms with Crippen LogP contribution in [0.3, 0.4) is 0 Å². The molecule has 19 heavy (non-hydrogen) atoms. The lowest BCUT2D eigenvalue weighted by atomic mass is 10.1. The molecule has 2 aromatic rings. The summed E-state index contributed by atoms with van der Waals surface area (Å²) in [6.45, 7) is 3.58. The maximum Gasteiger partial charge on any atom is 0.182 e. The molecule has 1 N–H and O–H groups in total. The van der Waals surface area contributed by atoms with Gasteiger partial charge in [0.2, 0.25) is 0 Å². The first-order valence-corrected chi connectivity index (χ1v) is 7.31. The molecule has 1 aromatic heterocycles. The summed E-state index contributed by atoms with van der Waals surface area (Å²) >= 11 is 1.63. The summed E-state index contributed by atoms with van der Waals surface area (Å²) in [5.41, 5.74) is 3.45. The van der Waals surface area contributed by atoms with Gasteiger partial charge in [-0.15, -0.1) is 11.3 Å². The van der Waals surface area contributed by atoms with Crippen LogP contribution in [0.25, 0.3) is 11.3 Å². The minimum Gasteiger partial charge on any atom is -0.378 e. The van der Waals surface area contributed by atoms with Gasteiger partial charge in [0, 0.05) is 36.8 Å². The van der Waals surface area contributed by atoms with Crippen LogP contribution >= 0.6 is 11.3 Å². The molecule has 1 aromatic carbocycles. The number of rotatable bonds is 3. The predicted octanol–water partition coefficient (Wildman–Crippen LogP) is 2.69. The number of anilines is 2. The SMILES string of the molecule is CNc1nc(-c2ccc(N3CCOCC3)cc2)cs1. The molecule has 1 fully saturated rings. The lowest BCUT2D eigenvalue weighted by Crippen LogP contribution is -2.36. The summed E-state index contributed by atoms with van der Waals surface area (Å²) in [4.78, 5) is 6.87. The molecule has 1 aliphatic heterocycles. The molecule has 1 saturated heterocycles. The van der Waals surface area contributed by atoms with Gasteiger partial charge in [-0.05, 0) is 12.1 Å². The van der Waals surface area contributed by atoms with Gasteiger partial charge in [0.05, 0.1) is 18.9 Å². The number of ether oxygens (including phenoxy) is 1. The standard InChI is InChI=1S/C14H17N3OS/c1-15-14-16-13(10-19-14)11-2-4-12(5-3-11)17-6-8-18-9-7-17/h2-5,10H,6-9H2,1H3,(H,15,16). The van der Waals surface area contributed by atoms with E-state index in [1.54, 1.807) is 11.3 Å². The van der Waals surface area contributed by atoms with E-state index in [-0.39, 0.29) is 0 Å². The lowest BCUT2D eigenvalue weighted by Gasteiger charge is -2.28.